The third-order valence-corrected chi connectivity index (χ3v) is 3.22. The van der Waals surface area contributed by atoms with Crippen molar-refractivity contribution in [2.45, 2.75) is 19.6 Å². The Morgan fingerprint density at radius 2 is 1.69 bits per heavy atom. The standard InChI is InChI=1S/C17H16N2O7/c1-12(25-11-13-5-3-2-4-6-13)10-26-17(20)14-7-15(18(21)22)9-16(8-14)19(23)24/h2-9,12H,10-11H2,1H3/t12-/m0/s1/i10D2. The summed E-state index contributed by atoms with van der Waals surface area (Å²) in [6.45, 7) is -1.15. The van der Waals surface area contributed by atoms with Crippen LogP contribution in [0.2, 0.25) is 0 Å². The lowest BCUT2D eigenvalue weighted by molar-refractivity contribution is -0.394. The van der Waals surface area contributed by atoms with Gasteiger partial charge < -0.3 is 9.47 Å². The number of nitro benzene ring substituents is 2. The van der Waals surface area contributed by atoms with E-state index in [4.69, 9.17) is 12.2 Å². The van der Waals surface area contributed by atoms with E-state index in [-0.39, 0.29) is 6.61 Å². The first-order valence-electron chi connectivity index (χ1n) is 8.43. The molecule has 0 aliphatic carbocycles. The van der Waals surface area contributed by atoms with Crippen molar-refractivity contribution in [2.75, 3.05) is 6.56 Å². The van der Waals surface area contributed by atoms with Gasteiger partial charge in [-0.2, -0.15) is 0 Å². The minimum absolute atomic E-state index is 0.0708. The summed E-state index contributed by atoms with van der Waals surface area (Å²) in [6.07, 6.45) is -1.18. The molecule has 0 saturated carbocycles. The van der Waals surface area contributed by atoms with Gasteiger partial charge in [-0.05, 0) is 12.5 Å². The summed E-state index contributed by atoms with van der Waals surface area (Å²) in [6, 6.07) is 11.2. The smallest absolute Gasteiger partial charge is 0.338 e. The van der Waals surface area contributed by atoms with Crippen molar-refractivity contribution in [3.63, 3.8) is 0 Å². The van der Waals surface area contributed by atoms with E-state index in [0.717, 1.165) is 17.7 Å². The number of non-ortho nitro benzene ring substituents is 2. The van der Waals surface area contributed by atoms with Crippen LogP contribution >= 0.6 is 0 Å². The summed E-state index contributed by atoms with van der Waals surface area (Å²) < 4.78 is 25.9. The average Bonchev–Trinajstić information content (AvgIpc) is 2.66. The van der Waals surface area contributed by atoms with Crippen LogP contribution in [-0.4, -0.2) is 28.5 Å². The predicted molar refractivity (Wildman–Crippen MR) is 90.7 cm³/mol. The van der Waals surface area contributed by atoms with Crippen molar-refractivity contribution in [3.05, 3.63) is 79.9 Å². The Kier molecular flexibility index (Phi) is 5.39. The van der Waals surface area contributed by atoms with Crippen LogP contribution in [0.3, 0.4) is 0 Å². The first-order valence-corrected chi connectivity index (χ1v) is 7.43. The van der Waals surface area contributed by atoms with E-state index in [2.05, 4.69) is 0 Å². The van der Waals surface area contributed by atoms with Crippen LogP contribution in [0.15, 0.2) is 48.5 Å². The van der Waals surface area contributed by atoms with Crippen LogP contribution in [0.1, 0.15) is 25.6 Å². The highest BCUT2D eigenvalue weighted by Crippen LogP contribution is 2.23. The zero-order valence-corrected chi connectivity index (χ0v) is 13.7. The highest BCUT2D eigenvalue weighted by Gasteiger charge is 2.21. The number of nitrogens with zero attached hydrogens (tertiary/aromatic N) is 2. The first kappa shape index (κ1) is 16.2. The first-order chi connectivity index (χ1) is 13.1. The van der Waals surface area contributed by atoms with Crippen LogP contribution in [0.5, 0.6) is 0 Å². The number of ether oxygens (including phenoxy) is 2. The van der Waals surface area contributed by atoms with Crippen molar-refractivity contribution in [3.8, 4) is 0 Å². The fourth-order valence-electron chi connectivity index (χ4n) is 1.95. The minimum Gasteiger partial charge on any atom is -0.459 e. The lowest BCUT2D eigenvalue weighted by Crippen LogP contribution is -2.19. The maximum absolute atomic E-state index is 12.2. The number of hydrogen-bond acceptors (Lipinski definition) is 7. The second kappa shape index (κ2) is 8.67. The Balaban J connectivity index is 2.13. The maximum atomic E-state index is 12.2. The van der Waals surface area contributed by atoms with Crippen molar-refractivity contribution in [1.29, 1.82) is 0 Å². The van der Waals surface area contributed by atoms with Crippen LogP contribution in [0.4, 0.5) is 11.4 Å². The van der Waals surface area contributed by atoms with E-state index >= 15 is 0 Å². The molecule has 0 spiro atoms. The fourth-order valence-corrected chi connectivity index (χ4v) is 1.95. The van der Waals surface area contributed by atoms with Crippen LogP contribution in [0, 0.1) is 20.2 Å². The largest absolute Gasteiger partial charge is 0.459 e. The van der Waals surface area contributed by atoms with E-state index in [1.807, 2.05) is 6.07 Å². The molecule has 0 N–H and O–H groups in total. The van der Waals surface area contributed by atoms with Gasteiger partial charge in [-0.1, -0.05) is 30.3 Å². The number of rotatable bonds is 8. The maximum Gasteiger partial charge on any atom is 0.338 e. The van der Waals surface area contributed by atoms with Crippen molar-refractivity contribution in [2.24, 2.45) is 0 Å². The summed E-state index contributed by atoms with van der Waals surface area (Å²) in [5, 5.41) is 21.8. The molecule has 0 fully saturated rings. The van der Waals surface area contributed by atoms with Gasteiger partial charge >= 0.3 is 5.97 Å². The predicted octanol–water partition coefficient (Wildman–Crippen LogP) is 3.27. The van der Waals surface area contributed by atoms with Gasteiger partial charge in [0.1, 0.15) is 6.56 Å². The summed E-state index contributed by atoms with van der Waals surface area (Å²) in [7, 11) is 0. The lowest BCUT2D eigenvalue weighted by atomic mass is 10.2. The van der Waals surface area contributed by atoms with Gasteiger partial charge in [0.05, 0.1) is 36.9 Å². The monoisotopic (exact) mass is 362 g/mol. The number of esters is 1. The van der Waals surface area contributed by atoms with Crippen LogP contribution in [-0.2, 0) is 16.1 Å². The zero-order valence-electron chi connectivity index (χ0n) is 15.7. The molecule has 2 rings (SSSR count). The van der Waals surface area contributed by atoms with E-state index in [9.17, 15) is 25.0 Å². The van der Waals surface area contributed by atoms with E-state index in [1.54, 1.807) is 24.3 Å². The molecule has 0 unspecified atom stereocenters. The van der Waals surface area contributed by atoms with Gasteiger partial charge in [0.15, 0.2) is 0 Å². The summed E-state index contributed by atoms with van der Waals surface area (Å²) >= 11 is 0. The molecule has 0 heterocycles. The molecule has 0 bridgehead atoms. The SMILES string of the molecule is [2H]C([2H])(OC(=O)c1cc([N+](=O)[O-])cc([N+](=O)[O-])c1)[C@H](C)OCc1ccccc1. The number of nitro groups is 2. The number of carbonyl (C=O) groups is 1. The molecule has 9 heteroatoms. The van der Waals surface area contributed by atoms with Gasteiger partial charge in [0.2, 0.25) is 0 Å². The molecule has 136 valence electrons. The normalized spacial score (nSPS) is 13.3. The van der Waals surface area contributed by atoms with E-state index in [1.165, 1.54) is 6.92 Å². The van der Waals surface area contributed by atoms with Crippen LogP contribution < -0.4 is 0 Å². The Morgan fingerprint density at radius 1 is 1.12 bits per heavy atom. The fraction of sp³-hybridized carbons (Fsp3) is 0.235. The third-order valence-electron chi connectivity index (χ3n) is 3.22. The number of benzene rings is 2. The lowest BCUT2D eigenvalue weighted by Gasteiger charge is -2.13. The van der Waals surface area contributed by atoms with Crippen molar-refractivity contribution < 1.29 is 26.9 Å². The van der Waals surface area contributed by atoms with Gasteiger partial charge in [-0.25, -0.2) is 4.79 Å². The summed E-state index contributed by atoms with van der Waals surface area (Å²) in [5.41, 5.74) is -1.10. The minimum atomic E-state index is -2.58. The molecule has 0 saturated heterocycles. The average molecular weight is 362 g/mol. The van der Waals surface area contributed by atoms with Gasteiger partial charge in [0.25, 0.3) is 11.4 Å². The van der Waals surface area contributed by atoms with Gasteiger partial charge in [0, 0.05) is 12.1 Å². The molecule has 0 radical (unpaired) electrons. The van der Waals surface area contributed by atoms with Gasteiger partial charge in [-0.15, -0.1) is 0 Å². The molecular weight excluding hydrogens is 344 g/mol. The molecule has 2 aromatic carbocycles. The van der Waals surface area contributed by atoms with Crippen LogP contribution in [0.25, 0.3) is 0 Å². The zero-order chi connectivity index (χ0) is 20.9. The molecule has 2 aromatic rings. The third kappa shape index (κ3) is 5.35. The second-order valence-electron chi connectivity index (χ2n) is 5.20. The molecule has 0 aromatic heterocycles. The molecule has 1 atom stereocenters. The molecule has 0 aliphatic rings. The van der Waals surface area contributed by atoms with Crippen molar-refractivity contribution >= 4 is 17.3 Å². The van der Waals surface area contributed by atoms with E-state index < -0.39 is 45.4 Å². The Hall–Kier alpha value is -3.33. The molecule has 26 heavy (non-hydrogen) atoms. The second-order valence-corrected chi connectivity index (χ2v) is 5.20. The van der Waals surface area contributed by atoms with Crippen molar-refractivity contribution in [1.82, 2.24) is 0 Å². The Morgan fingerprint density at radius 3 is 2.23 bits per heavy atom. The Bertz CT molecular complexity index is 858. The molecule has 0 amide bonds. The number of hydrogen-bond donors (Lipinski definition) is 0. The molecule has 9 nitrogen and oxygen atoms in total. The Labute approximate surface area is 151 Å². The highest BCUT2D eigenvalue weighted by atomic mass is 16.6. The molecule has 0 aliphatic heterocycles. The van der Waals surface area contributed by atoms with Gasteiger partial charge in [-0.3, -0.25) is 20.2 Å². The quantitative estimate of drug-likeness (QED) is 0.401. The number of carbonyl (C=O) groups excluding carboxylic acids is 1. The highest BCUT2D eigenvalue weighted by molar-refractivity contribution is 5.91. The molecular formula is C17H16N2O7. The summed E-state index contributed by atoms with van der Waals surface area (Å²) in [4.78, 5) is 32.2. The van der Waals surface area contributed by atoms with E-state index in [0.29, 0.717) is 6.07 Å². The topological polar surface area (TPSA) is 122 Å². The summed E-state index contributed by atoms with van der Waals surface area (Å²) in [5.74, 6) is -1.29.